The monoisotopic (exact) mass is 313 g/mol. The SMILES string of the molecule is CC1CCN(S(=O)(=O)NCCOc2cccc(N)c2)CC1. The fourth-order valence-electron chi connectivity index (χ4n) is 2.26. The molecular weight excluding hydrogens is 290 g/mol. The van der Waals surface area contributed by atoms with E-state index in [1.807, 2.05) is 0 Å². The van der Waals surface area contributed by atoms with Crippen molar-refractivity contribution >= 4 is 15.9 Å². The first-order valence-electron chi connectivity index (χ1n) is 7.20. The molecule has 0 aromatic heterocycles. The summed E-state index contributed by atoms with van der Waals surface area (Å²) in [6.07, 6.45) is 1.83. The van der Waals surface area contributed by atoms with Crippen molar-refractivity contribution in [3.8, 4) is 5.75 Å². The molecule has 1 fully saturated rings. The second-order valence-electron chi connectivity index (χ2n) is 5.40. The summed E-state index contributed by atoms with van der Waals surface area (Å²) in [5, 5.41) is 0. The lowest BCUT2D eigenvalue weighted by atomic mass is 10.0. The van der Waals surface area contributed by atoms with Gasteiger partial charge in [0, 0.05) is 31.4 Å². The van der Waals surface area contributed by atoms with Crippen LogP contribution >= 0.6 is 0 Å². The average Bonchev–Trinajstić information content (AvgIpc) is 2.44. The first-order chi connectivity index (χ1) is 9.97. The zero-order valence-electron chi connectivity index (χ0n) is 12.3. The summed E-state index contributed by atoms with van der Waals surface area (Å²) >= 11 is 0. The second-order valence-corrected chi connectivity index (χ2v) is 7.16. The summed E-state index contributed by atoms with van der Waals surface area (Å²) in [5.74, 6) is 1.24. The average molecular weight is 313 g/mol. The fraction of sp³-hybridized carbons (Fsp3) is 0.571. The highest BCUT2D eigenvalue weighted by Gasteiger charge is 2.25. The second kappa shape index (κ2) is 7.11. The quantitative estimate of drug-likeness (QED) is 0.611. The number of piperidine rings is 1. The molecule has 21 heavy (non-hydrogen) atoms. The Morgan fingerprint density at radius 1 is 1.38 bits per heavy atom. The normalized spacial score (nSPS) is 17.8. The minimum atomic E-state index is -3.39. The van der Waals surface area contributed by atoms with Crippen molar-refractivity contribution in [3.63, 3.8) is 0 Å². The van der Waals surface area contributed by atoms with Crippen LogP contribution in [0.2, 0.25) is 0 Å². The maximum Gasteiger partial charge on any atom is 0.279 e. The molecule has 0 spiro atoms. The van der Waals surface area contributed by atoms with Crippen LogP contribution < -0.4 is 15.2 Å². The summed E-state index contributed by atoms with van der Waals surface area (Å²) in [6, 6.07) is 7.06. The Labute approximate surface area is 126 Å². The van der Waals surface area contributed by atoms with Crippen molar-refractivity contribution in [1.82, 2.24) is 9.03 Å². The third-order valence-corrected chi connectivity index (χ3v) is 5.21. The van der Waals surface area contributed by atoms with Crippen molar-refractivity contribution < 1.29 is 13.2 Å². The largest absolute Gasteiger partial charge is 0.492 e. The highest BCUT2D eigenvalue weighted by molar-refractivity contribution is 7.87. The highest BCUT2D eigenvalue weighted by atomic mass is 32.2. The summed E-state index contributed by atoms with van der Waals surface area (Å²) in [6.45, 7) is 3.84. The van der Waals surface area contributed by atoms with Crippen molar-refractivity contribution in [2.24, 2.45) is 5.92 Å². The van der Waals surface area contributed by atoms with Crippen LogP contribution in [0.4, 0.5) is 5.69 Å². The van der Waals surface area contributed by atoms with Crippen LogP contribution in [0.15, 0.2) is 24.3 Å². The highest BCUT2D eigenvalue weighted by Crippen LogP contribution is 2.18. The summed E-state index contributed by atoms with van der Waals surface area (Å²) < 4.78 is 33.7. The smallest absolute Gasteiger partial charge is 0.279 e. The van der Waals surface area contributed by atoms with Gasteiger partial charge in [0.05, 0.1) is 0 Å². The Morgan fingerprint density at radius 2 is 2.10 bits per heavy atom. The van der Waals surface area contributed by atoms with Crippen molar-refractivity contribution in [2.75, 3.05) is 32.0 Å². The van der Waals surface area contributed by atoms with Gasteiger partial charge in [-0.25, -0.2) is 0 Å². The van der Waals surface area contributed by atoms with Gasteiger partial charge in [-0.1, -0.05) is 13.0 Å². The molecule has 0 radical (unpaired) electrons. The molecule has 1 aromatic carbocycles. The van der Waals surface area contributed by atoms with E-state index in [4.69, 9.17) is 10.5 Å². The number of benzene rings is 1. The molecule has 0 amide bonds. The van der Waals surface area contributed by atoms with Crippen LogP contribution in [0.3, 0.4) is 0 Å². The minimum absolute atomic E-state index is 0.239. The van der Waals surface area contributed by atoms with Gasteiger partial charge >= 0.3 is 0 Å². The van der Waals surface area contributed by atoms with Gasteiger partial charge in [0.15, 0.2) is 0 Å². The third kappa shape index (κ3) is 4.87. The number of nitrogens with zero attached hydrogens (tertiary/aromatic N) is 1. The third-order valence-electron chi connectivity index (χ3n) is 3.60. The topological polar surface area (TPSA) is 84.7 Å². The molecule has 0 atom stereocenters. The molecule has 2 rings (SSSR count). The predicted molar refractivity (Wildman–Crippen MR) is 83.2 cm³/mol. The van der Waals surface area contributed by atoms with E-state index in [1.165, 1.54) is 4.31 Å². The molecule has 7 heteroatoms. The van der Waals surface area contributed by atoms with E-state index in [0.29, 0.717) is 30.4 Å². The molecule has 0 bridgehead atoms. The molecule has 1 aromatic rings. The van der Waals surface area contributed by atoms with Crippen LogP contribution in [0.5, 0.6) is 5.75 Å². The first kappa shape index (κ1) is 16.1. The molecule has 3 N–H and O–H groups in total. The lowest BCUT2D eigenvalue weighted by Gasteiger charge is -2.29. The van der Waals surface area contributed by atoms with Gasteiger partial charge in [-0.05, 0) is 30.9 Å². The number of hydrogen-bond acceptors (Lipinski definition) is 4. The number of nitrogens with two attached hydrogens (primary N) is 1. The number of rotatable bonds is 6. The van der Waals surface area contributed by atoms with E-state index in [-0.39, 0.29) is 13.2 Å². The van der Waals surface area contributed by atoms with Gasteiger partial charge in [0.2, 0.25) is 0 Å². The van der Waals surface area contributed by atoms with Gasteiger partial charge in [-0.15, -0.1) is 0 Å². The van der Waals surface area contributed by atoms with Gasteiger partial charge in [0.1, 0.15) is 12.4 Å². The number of anilines is 1. The Morgan fingerprint density at radius 3 is 2.76 bits per heavy atom. The molecule has 0 saturated carbocycles. The lowest BCUT2D eigenvalue weighted by molar-refractivity contribution is 0.281. The van der Waals surface area contributed by atoms with Gasteiger partial charge in [0.25, 0.3) is 10.2 Å². The molecule has 1 saturated heterocycles. The Hall–Kier alpha value is -1.31. The standard InChI is InChI=1S/C14H23N3O3S/c1-12-5-8-17(9-6-12)21(18,19)16-7-10-20-14-4-2-3-13(15)11-14/h2-4,11-12,16H,5-10,15H2,1H3. The van der Waals surface area contributed by atoms with E-state index in [2.05, 4.69) is 11.6 Å². The van der Waals surface area contributed by atoms with Crippen molar-refractivity contribution in [2.45, 2.75) is 19.8 Å². The minimum Gasteiger partial charge on any atom is -0.492 e. The van der Waals surface area contributed by atoms with E-state index >= 15 is 0 Å². The molecule has 0 aliphatic carbocycles. The number of nitrogen functional groups attached to an aromatic ring is 1. The number of nitrogens with one attached hydrogen (secondary N) is 1. The summed E-state index contributed by atoms with van der Waals surface area (Å²) in [5.41, 5.74) is 6.26. The van der Waals surface area contributed by atoms with Gasteiger partial charge in [-0.2, -0.15) is 17.4 Å². The number of ether oxygens (including phenoxy) is 1. The maximum atomic E-state index is 12.1. The molecule has 1 aliphatic rings. The molecule has 1 aliphatic heterocycles. The molecular formula is C14H23N3O3S. The van der Waals surface area contributed by atoms with Crippen LogP contribution in [0.25, 0.3) is 0 Å². The Kier molecular flexibility index (Phi) is 5.44. The molecule has 0 unspecified atom stereocenters. The first-order valence-corrected chi connectivity index (χ1v) is 8.64. The maximum absolute atomic E-state index is 12.1. The summed E-state index contributed by atoms with van der Waals surface area (Å²) in [4.78, 5) is 0. The molecule has 118 valence electrons. The van der Waals surface area contributed by atoms with Crippen LogP contribution in [0, 0.1) is 5.92 Å². The van der Waals surface area contributed by atoms with E-state index in [1.54, 1.807) is 24.3 Å². The van der Waals surface area contributed by atoms with Gasteiger partial charge < -0.3 is 10.5 Å². The molecule has 6 nitrogen and oxygen atoms in total. The zero-order valence-corrected chi connectivity index (χ0v) is 13.1. The van der Waals surface area contributed by atoms with Crippen molar-refractivity contribution in [3.05, 3.63) is 24.3 Å². The number of hydrogen-bond donors (Lipinski definition) is 2. The van der Waals surface area contributed by atoms with E-state index in [0.717, 1.165) is 12.8 Å². The van der Waals surface area contributed by atoms with Crippen LogP contribution in [-0.2, 0) is 10.2 Å². The van der Waals surface area contributed by atoms with Crippen LogP contribution in [0.1, 0.15) is 19.8 Å². The predicted octanol–water partition coefficient (Wildman–Crippen LogP) is 1.21. The van der Waals surface area contributed by atoms with Crippen molar-refractivity contribution in [1.29, 1.82) is 0 Å². The Bertz CT molecular complexity index is 554. The van der Waals surface area contributed by atoms with Crippen LogP contribution in [-0.4, -0.2) is 39.0 Å². The zero-order chi connectivity index (χ0) is 15.3. The van der Waals surface area contributed by atoms with E-state index in [9.17, 15) is 8.42 Å². The Balaban J connectivity index is 1.74. The van der Waals surface area contributed by atoms with Gasteiger partial charge in [-0.3, -0.25) is 0 Å². The lowest BCUT2D eigenvalue weighted by Crippen LogP contribution is -2.45. The fourth-order valence-corrected chi connectivity index (χ4v) is 3.48. The van der Waals surface area contributed by atoms with E-state index < -0.39 is 10.2 Å². The molecule has 1 heterocycles. The summed E-state index contributed by atoms with van der Waals surface area (Å²) in [7, 11) is -3.39.